The first-order valence-corrected chi connectivity index (χ1v) is 10.1. The molecular formula is C25H17N3O5. The first kappa shape index (κ1) is 20.2. The smallest absolute Gasteiger partial charge is 0.341 e. The highest BCUT2D eigenvalue weighted by Gasteiger charge is 2.16. The van der Waals surface area contributed by atoms with Crippen molar-refractivity contribution in [1.29, 1.82) is 0 Å². The third-order valence-electron chi connectivity index (χ3n) is 4.98. The molecule has 8 nitrogen and oxygen atoms in total. The summed E-state index contributed by atoms with van der Waals surface area (Å²) < 4.78 is 12.5. The number of furan rings is 1. The van der Waals surface area contributed by atoms with Crippen LogP contribution in [0.2, 0.25) is 0 Å². The molecule has 0 saturated carbocycles. The van der Waals surface area contributed by atoms with Crippen LogP contribution in [0.5, 0.6) is 5.75 Å². The van der Waals surface area contributed by atoms with Gasteiger partial charge in [0.25, 0.3) is 5.56 Å². The van der Waals surface area contributed by atoms with Gasteiger partial charge in [0.15, 0.2) is 12.4 Å². The van der Waals surface area contributed by atoms with Gasteiger partial charge in [-0.05, 0) is 36.4 Å². The van der Waals surface area contributed by atoms with Crippen molar-refractivity contribution in [3.05, 3.63) is 94.8 Å². The van der Waals surface area contributed by atoms with E-state index in [2.05, 4.69) is 10.1 Å². The minimum Gasteiger partial charge on any atom is -0.481 e. The number of carbonyl (C=O) groups is 1. The zero-order chi connectivity index (χ0) is 22.8. The van der Waals surface area contributed by atoms with Gasteiger partial charge in [0.05, 0.1) is 17.1 Å². The van der Waals surface area contributed by atoms with E-state index in [1.807, 2.05) is 30.3 Å². The average Bonchev–Trinajstić information content (AvgIpc) is 3.27. The molecule has 0 amide bonds. The molecule has 2 heterocycles. The molecular weight excluding hydrogens is 422 g/mol. The summed E-state index contributed by atoms with van der Waals surface area (Å²) in [6.07, 6.45) is 1.43. The summed E-state index contributed by atoms with van der Waals surface area (Å²) in [6.45, 7) is -0.493. The van der Waals surface area contributed by atoms with Crippen LogP contribution in [-0.2, 0) is 4.79 Å². The number of carboxylic acids is 1. The first-order valence-electron chi connectivity index (χ1n) is 10.1. The van der Waals surface area contributed by atoms with Crippen LogP contribution in [-0.4, -0.2) is 33.6 Å². The maximum absolute atomic E-state index is 13.3. The van der Waals surface area contributed by atoms with Gasteiger partial charge in [0.1, 0.15) is 11.3 Å². The Balaban J connectivity index is 1.66. The van der Waals surface area contributed by atoms with Crippen molar-refractivity contribution in [3.8, 4) is 17.3 Å². The number of nitrogens with zero attached hydrogens (tertiary/aromatic N) is 3. The molecule has 0 unspecified atom stereocenters. The Morgan fingerprint density at radius 2 is 1.82 bits per heavy atom. The predicted molar refractivity (Wildman–Crippen MR) is 124 cm³/mol. The number of aromatic nitrogens is 2. The highest BCUT2D eigenvalue weighted by Crippen LogP contribution is 2.27. The van der Waals surface area contributed by atoms with Crippen molar-refractivity contribution in [1.82, 2.24) is 9.66 Å². The minimum absolute atomic E-state index is 0.245. The molecule has 8 heteroatoms. The Kier molecular flexibility index (Phi) is 5.16. The van der Waals surface area contributed by atoms with Gasteiger partial charge in [-0.2, -0.15) is 9.78 Å². The summed E-state index contributed by atoms with van der Waals surface area (Å²) in [4.78, 5) is 28.8. The molecule has 0 aliphatic rings. The van der Waals surface area contributed by atoms with Crippen LogP contribution in [0.25, 0.3) is 33.5 Å². The van der Waals surface area contributed by atoms with Crippen molar-refractivity contribution in [2.75, 3.05) is 6.61 Å². The second kappa shape index (κ2) is 8.43. The van der Waals surface area contributed by atoms with Gasteiger partial charge in [0.2, 0.25) is 5.82 Å². The summed E-state index contributed by atoms with van der Waals surface area (Å²) in [7, 11) is 0. The van der Waals surface area contributed by atoms with E-state index in [1.54, 1.807) is 48.5 Å². The quantitative estimate of drug-likeness (QED) is 0.398. The second-order valence-corrected chi connectivity index (χ2v) is 7.18. The third kappa shape index (κ3) is 3.97. The minimum atomic E-state index is -1.09. The molecule has 0 atom stereocenters. The van der Waals surface area contributed by atoms with Crippen molar-refractivity contribution in [3.63, 3.8) is 0 Å². The first-order chi connectivity index (χ1) is 16.1. The number of hydrogen-bond acceptors (Lipinski definition) is 6. The number of benzene rings is 3. The van der Waals surface area contributed by atoms with Gasteiger partial charge in [0, 0.05) is 10.9 Å². The van der Waals surface area contributed by atoms with Gasteiger partial charge in [-0.15, -0.1) is 0 Å². The van der Waals surface area contributed by atoms with E-state index in [-0.39, 0.29) is 11.4 Å². The van der Waals surface area contributed by atoms with Crippen molar-refractivity contribution >= 4 is 34.1 Å². The van der Waals surface area contributed by atoms with Gasteiger partial charge >= 0.3 is 5.97 Å². The fourth-order valence-corrected chi connectivity index (χ4v) is 3.46. The van der Waals surface area contributed by atoms with E-state index in [0.717, 1.165) is 5.39 Å². The molecule has 0 bridgehead atoms. The highest BCUT2D eigenvalue weighted by atomic mass is 16.5. The molecule has 0 radical (unpaired) electrons. The predicted octanol–water partition coefficient (Wildman–Crippen LogP) is 4.16. The van der Waals surface area contributed by atoms with Crippen LogP contribution < -0.4 is 10.3 Å². The van der Waals surface area contributed by atoms with Gasteiger partial charge in [-0.25, -0.2) is 9.78 Å². The summed E-state index contributed by atoms with van der Waals surface area (Å²) >= 11 is 0. The summed E-state index contributed by atoms with van der Waals surface area (Å²) in [5, 5.41) is 14.6. The zero-order valence-electron chi connectivity index (χ0n) is 17.2. The van der Waals surface area contributed by atoms with E-state index in [1.165, 1.54) is 10.9 Å². The van der Waals surface area contributed by atoms with E-state index < -0.39 is 12.6 Å². The molecule has 5 rings (SSSR count). The average molecular weight is 439 g/mol. The maximum atomic E-state index is 13.3. The van der Waals surface area contributed by atoms with Crippen LogP contribution in [0.4, 0.5) is 0 Å². The lowest BCUT2D eigenvalue weighted by Crippen LogP contribution is -2.20. The second-order valence-electron chi connectivity index (χ2n) is 7.18. The zero-order valence-corrected chi connectivity index (χ0v) is 17.2. The molecule has 33 heavy (non-hydrogen) atoms. The van der Waals surface area contributed by atoms with Crippen molar-refractivity contribution in [2.24, 2.45) is 5.10 Å². The molecule has 3 aromatic carbocycles. The van der Waals surface area contributed by atoms with Crippen molar-refractivity contribution in [2.45, 2.75) is 0 Å². The standard InChI is InChI=1S/C25H17N3O5/c29-23(30)15-32-20-11-5-2-8-17(20)14-26-28-24(22-13-16-7-1-6-12-21(16)33-22)27-19-10-4-3-9-18(19)25(28)31/h1-14H,15H2,(H,29,30). The van der Waals surface area contributed by atoms with Gasteiger partial charge < -0.3 is 14.3 Å². The number of hydrogen-bond donors (Lipinski definition) is 1. The molecule has 5 aromatic rings. The third-order valence-corrected chi connectivity index (χ3v) is 4.98. The molecule has 0 spiro atoms. The highest BCUT2D eigenvalue weighted by molar-refractivity contribution is 5.86. The Morgan fingerprint density at radius 1 is 1.06 bits per heavy atom. The lowest BCUT2D eigenvalue weighted by atomic mass is 10.2. The Morgan fingerprint density at radius 3 is 2.67 bits per heavy atom. The van der Waals surface area contributed by atoms with E-state index in [4.69, 9.17) is 14.3 Å². The van der Waals surface area contributed by atoms with Crippen LogP contribution >= 0.6 is 0 Å². The van der Waals surface area contributed by atoms with Crippen LogP contribution in [0.15, 0.2) is 93.2 Å². The molecule has 162 valence electrons. The number of para-hydroxylation sites is 3. The fraction of sp³-hybridized carbons (Fsp3) is 0.0400. The van der Waals surface area contributed by atoms with Crippen LogP contribution in [0, 0.1) is 0 Å². The number of aliphatic carboxylic acids is 1. The molecule has 2 aromatic heterocycles. The van der Waals surface area contributed by atoms with E-state index in [0.29, 0.717) is 33.6 Å². The Labute approximate surface area is 187 Å². The van der Waals surface area contributed by atoms with E-state index in [9.17, 15) is 9.59 Å². The number of ether oxygens (including phenoxy) is 1. The Hall–Kier alpha value is -4.72. The number of carboxylic acid groups (broad SMARTS) is 1. The number of fused-ring (bicyclic) bond motifs is 2. The summed E-state index contributed by atoms with van der Waals surface area (Å²) in [5.74, 6) is -0.124. The number of rotatable bonds is 6. The fourth-order valence-electron chi connectivity index (χ4n) is 3.46. The lowest BCUT2D eigenvalue weighted by molar-refractivity contribution is -0.139. The monoisotopic (exact) mass is 439 g/mol. The SMILES string of the molecule is O=C(O)COc1ccccc1C=Nn1c(-c2cc3ccccc3o2)nc2ccccc2c1=O. The topological polar surface area (TPSA) is 107 Å². The van der Waals surface area contributed by atoms with E-state index >= 15 is 0 Å². The largest absolute Gasteiger partial charge is 0.481 e. The Bertz CT molecular complexity index is 1550. The molecule has 0 saturated heterocycles. The summed E-state index contributed by atoms with van der Waals surface area (Å²) in [5.41, 5.74) is 1.33. The van der Waals surface area contributed by atoms with Crippen molar-refractivity contribution < 1.29 is 19.1 Å². The van der Waals surface area contributed by atoms with Crippen LogP contribution in [0.1, 0.15) is 5.56 Å². The van der Waals surface area contributed by atoms with Gasteiger partial charge in [-0.3, -0.25) is 4.79 Å². The lowest BCUT2D eigenvalue weighted by Gasteiger charge is -2.08. The molecule has 0 fully saturated rings. The summed E-state index contributed by atoms with van der Waals surface area (Å²) in [6, 6.07) is 23.1. The normalized spacial score (nSPS) is 11.4. The van der Waals surface area contributed by atoms with Crippen LogP contribution in [0.3, 0.4) is 0 Å². The molecule has 0 aliphatic carbocycles. The maximum Gasteiger partial charge on any atom is 0.341 e. The van der Waals surface area contributed by atoms with Gasteiger partial charge in [-0.1, -0.05) is 42.5 Å². The molecule has 0 aliphatic heterocycles. The molecule has 1 N–H and O–H groups in total.